The van der Waals surface area contributed by atoms with Crippen molar-refractivity contribution in [3.05, 3.63) is 68.4 Å². The number of carbonyl (C=O) groups excluding carboxylic acids is 1. The number of fused-ring (bicyclic) bond motifs is 3. The van der Waals surface area contributed by atoms with Crippen molar-refractivity contribution in [3.63, 3.8) is 0 Å². The van der Waals surface area contributed by atoms with Gasteiger partial charge in [-0.3, -0.25) is 4.79 Å². The van der Waals surface area contributed by atoms with E-state index in [1.54, 1.807) is 0 Å². The lowest BCUT2D eigenvalue weighted by molar-refractivity contribution is -0.147. The summed E-state index contributed by atoms with van der Waals surface area (Å²) in [6.45, 7) is 2.59. The van der Waals surface area contributed by atoms with Crippen LogP contribution in [-0.4, -0.2) is 11.0 Å². The number of halogens is 1. The molecular weight excluding hydrogens is 485 g/mol. The van der Waals surface area contributed by atoms with Gasteiger partial charge in [-0.15, -0.1) is 0 Å². The normalized spacial score (nSPS) is 15.9. The number of carbonyl (C=O) groups is 1. The number of unbranched alkanes of at least 4 members (excludes halogenated alkanes) is 3. The number of hydrogen-bond donors (Lipinski definition) is 1. The van der Waals surface area contributed by atoms with Gasteiger partial charge >= 0.3 is 5.97 Å². The third-order valence-electron chi connectivity index (χ3n) is 6.15. The standard InChI is InChI=1S/C26H30INO2/c1-2-3-4-5-7-18-12-15-23-22(16-18)25-21(8-6-9-24(25)28-23)26(29)30-17-19-10-13-20(27)14-11-19/h10-16,21,28H,2-9,17H2,1H3. The zero-order valence-electron chi connectivity index (χ0n) is 17.7. The lowest BCUT2D eigenvalue weighted by Crippen LogP contribution is -2.20. The van der Waals surface area contributed by atoms with E-state index in [0.717, 1.165) is 36.8 Å². The Labute approximate surface area is 192 Å². The third-order valence-corrected chi connectivity index (χ3v) is 6.87. The maximum Gasteiger partial charge on any atom is 0.313 e. The van der Waals surface area contributed by atoms with Crippen molar-refractivity contribution < 1.29 is 9.53 Å². The highest BCUT2D eigenvalue weighted by molar-refractivity contribution is 14.1. The van der Waals surface area contributed by atoms with Gasteiger partial charge < -0.3 is 9.72 Å². The number of esters is 1. The molecule has 0 amide bonds. The lowest BCUT2D eigenvalue weighted by atomic mass is 9.85. The molecule has 3 aromatic rings. The van der Waals surface area contributed by atoms with Crippen molar-refractivity contribution >= 4 is 39.5 Å². The van der Waals surface area contributed by atoms with Crippen LogP contribution in [0.2, 0.25) is 0 Å². The smallest absolute Gasteiger partial charge is 0.313 e. The van der Waals surface area contributed by atoms with Gasteiger partial charge in [0.15, 0.2) is 0 Å². The Bertz CT molecular complexity index is 1010. The molecular formula is C26H30INO2. The Hall–Kier alpha value is -1.82. The summed E-state index contributed by atoms with van der Waals surface area (Å²) in [6, 6.07) is 14.9. The molecule has 1 aromatic heterocycles. The molecule has 0 saturated carbocycles. The second-order valence-electron chi connectivity index (χ2n) is 8.39. The molecule has 0 radical (unpaired) electrons. The largest absolute Gasteiger partial charge is 0.460 e. The molecule has 0 saturated heterocycles. The zero-order valence-corrected chi connectivity index (χ0v) is 19.8. The van der Waals surface area contributed by atoms with E-state index in [9.17, 15) is 4.79 Å². The van der Waals surface area contributed by atoms with Crippen LogP contribution in [0.4, 0.5) is 0 Å². The molecule has 1 aliphatic rings. The van der Waals surface area contributed by atoms with Crippen LogP contribution < -0.4 is 0 Å². The molecule has 4 heteroatoms. The number of aryl methyl sites for hydroxylation is 2. The third kappa shape index (κ3) is 4.90. The Morgan fingerprint density at radius 1 is 1.10 bits per heavy atom. The van der Waals surface area contributed by atoms with Crippen LogP contribution in [0.5, 0.6) is 0 Å². The maximum atomic E-state index is 13.0. The molecule has 30 heavy (non-hydrogen) atoms. The molecule has 3 nitrogen and oxygen atoms in total. The molecule has 1 aliphatic carbocycles. The average molecular weight is 515 g/mol. The van der Waals surface area contributed by atoms with Gasteiger partial charge in [0.25, 0.3) is 0 Å². The van der Waals surface area contributed by atoms with E-state index < -0.39 is 0 Å². The van der Waals surface area contributed by atoms with E-state index in [2.05, 4.69) is 52.7 Å². The number of ether oxygens (including phenoxy) is 1. The Morgan fingerprint density at radius 3 is 2.70 bits per heavy atom. The van der Waals surface area contributed by atoms with Gasteiger partial charge in [-0.1, -0.05) is 44.4 Å². The molecule has 0 bridgehead atoms. The molecule has 158 valence electrons. The molecule has 0 spiro atoms. The highest BCUT2D eigenvalue weighted by atomic mass is 127. The van der Waals surface area contributed by atoms with Crippen molar-refractivity contribution in [1.82, 2.24) is 4.98 Å². The van der Waals surface area contributed by atoms with Crippen molar-refractivity contribution in [2.45, 2.75) is 70.8 Å². The Morgan fingerprint density at radius 2 is 1.90 bits per heavy atom. The SMILES string of the molecule is CCCCCCc1ccc2[nH]c3c(c2c1)C(C(=O)OCc1ccc(I)cc1)CCC3. The first kappa shape index (κ1) is 21.4. The maximum absolute atomic E-state index is 13.0. The summed E-state index contributed by atoms with van der Waals surface area (Å²) in [6.07, 6.45) is 9.08. The van der Waals surface area contributed by atoms with Gasteiger partial charge in [0.1, 0.15) is 6.61 Å². The summed E-state index contributed by atoms with van der Waals surface area (Å²) in [5, 5.41) is 1.22. The van der Waals surface area contributed by atoms with E-state index in [4.69, 9.17) is 4.74 Å². The summed E-state index contributed by atoms with van der Waals surface area (Å²) in [4.78, 5) is 16.6. The molecule has 4 rings (SSSR count). The van der Waals surface area contributed by atoms with Crippen LogP contribution in [0.15, 0.2) is 42.5 Å². The minimum Gasteiger partial charge on any atom is -0.460 e. The van der Waals surface area contributed by atoms with Crippen LogP contribution in [-0.2, 0) is 29.0 Å². The van der Waals surface area contributed by atoms with Crippen LogP contribution >= 0.6 is 22.6 Å². The van der Waals surface area contributed by atoms with Crippen LogP contribution in [0.1, 0.15) is 73.8 Å². The lowest BCUT2D eigenvalue weighted by Gasteiger charge is -2.22. The van der Waals surface area contributed by atoms with E-state index in [1.165, 1.54) is 51.5 Å². The molecule has 0 aliphatic heterocycles. The van der Waals surface area contributed by atoms with Gasteiger partial charge in [-0.2, -0.15) is 0 Å². The predicted molar refractivity (Wildman–Crippen MR) is 131 cm³/mol. The number of aromatic nitrogens is 1. The highest BCUT2D eigenvalue weighted by Gasteiger charge is 2.31. The fourth-order valence-corrected chi connectivity index (χ4v) is 4.88. The summed E-state index contributed by atoms with van der Waals surface area (Å²) in [5.74, 6) is -0.259. The van der Waals surface area contributed by atoms with E-state index in [-0.39, 0.29) is 11.9 Å². The molecule has 2 aromatic carbocycles. The van der Waals surface area contributed by atoms with Crippen LogP contribution in [0.3, 0.4) is 0 Å². The number of rotatable bonds is 8. The second-order valence-corrected chi connectivity index (χ2v) is 9.63. The van der Waals surface area contributed by atoms with Gasteiger partial charge in [-0.25, -0.2) is 0 Å². The van der Waals surface area contributed by atoms with Crippen LogP contribution in [0.25, 0.3) is 10.9 Å². The zero-order chi connectivity index (χ0) is 20.9. The number of hydrogen-bond acceptors (Lipinski definition) is 2. The number of aromatic amines is 1. The highest BCUT2D eigenvalue weighted by Crippen LogP contribution is 2.38. The van der Waals surface area contributed by atoms with Crippen molar-refractivity contribution in [2.75, 3.05) is 0 Å². The summed E-state index contributed by atoms with van der Waals surface area (Å²) in [5.41, 5.74) is 5.95. The summed E-state index contributed by atoms with van der Waals surface area (Å²) in [7, 11) is 0. The monoisotopic (exact) mass is 515 g/mol. The molecule has 1 atom stereocenters. The summed E-state index contributed by atoms with van der Waals surface area (Å²) < 4.78 is 6.93. The van der Waals surface area contributed by atoms with Crippen molar-refractivity contribution in [1.29, 1.82) is 0 Å². The topological polar surface area (TPSA) is 42.1 Å². The average Bonchev–Trinajstić information content (AvgIpc) is 3.14. The van der Waals surface area contributed by atoms with E-state index in [0.29, 0.717) is 6.61 Å². The van der Waals surface area contributed by atoms with E-state index >= 15 is 0 Å². The van der Waals surface area contributed by atoms with Crippen molar-refractivity contribution in [2.24, 2.45) is 0 Å². The fraction of sp³-hybridized carbons (Fsp3) is 0.423. The molecule has 0 fully saturated rings. The molecule has 1 heterocycles. The van der Waals surface area contributed by atoms with Gasteiger partial charge in [-0.05, 0) is 95.7 Å². The Balaban J connectivity index is 1.52. The Kier molecular flexibility index (Phi) is 7.13. The summed E-state index contributed by atoms with van der Waals surface area (Å²) >= 11 is 2.28. The fourth-order valence-electron chi connectivity index (χ4n) is 4.52. The van der Waals surface area contributed by atoms with E-state index in [1.807, 2.05) is 24.3 Å². The first-order valence-electron chi connectivity index (χ1n) is 11.2. The van der Waals surface area contributed by atoms with Crippen molar-refractivity contribution in [3.8, 4) is 0 Å². The predicted octanol–water partition coefficient (Wildman–Crippen LogP) is 7.06. The first-order chi connectivity index (χ1) is 14.7. The number of benzene rings is 2. The van der Waals surface area contributed by atoms with Gasteiger partial charge in [0, 0.05) is 20.2 Å². The quantitative estimate of drug-likeness (QED) is 0.198. The number of nitrogens with one attached hydrogen (secondary N) is 1. The van der Waals surface area contributed by atoms with Gasteiger partial charge in [0.05, 0.1) is 5.92 Å². The second kappa shape index (κ2) is 9.99. The minimum absolute atomic E-state index is 0.0938. The molecule has 1 unspecified atom stereocenters. The number of H-pyrrole nitrogens is 1. The minimum atomic E-state index is -0.165. The molecule has 1 N–H and O–H groups in total. The van der Waals surface area contributed by atoms with Crippen LogP contribution in [0, 0.1) is 3.57 Å². The van der Waals surface area contributed by atoms with Gasteiger partial charge in [0.2, 0.25) is 0 Å². The first-order valence-corrected chi connectivity index (χ1v) is 12.3.